The van der Waals surface area contributed by atoms with Gasteiger partial charge in [-0.2, -0.15) is 5.10 Å². The van der Waals surface area contributed by atoms with E-state index in [1.165, 1.54) is 6.42 Å². The lowest BCUT2D eigenvalue weighted by atomic mass is 10.0. The maximum Gasteiger partial charge on any atom is 0.0862 e. The number of rotatable bonds is 6. The SMILES string of the molecule is Cc1nn(CC(O)CN(C)CC2CCCOC2)c(C)c1N. The molecule has 1 aromatic heterocycles. The number of hydrogen-bond acceptors (Lipinski definition) is 5. The summed E-state index contributed by atoms with van der Waals surface area (Å²) in [5, 5.41) is 14.6. The smallest absolute Gasteiger partial charge is 0.0862 e. The molecule has 0 bridgehead atoms. The minimum absolute atomic E-state index is 0.447. The normalized spacial score (nSPS) is 20.9. The first-order valence-corrected chi connectivity index (χ1v) is 7.71. The molecule has 2 atom stereocenters. The summed E-state index contributed by atoms with van der Waals surface area (Å²) in [6.07, 6.45) is 1.91. The Bertz CT molecular complexity index is 455. The summed E-state index contributed by atoms with van der Waals surface area (Å²) in [6.45, 7) is 7.64. The van der Waals surface area contributed by atoms with Gasteiger partial charge in [0.25, 0.3) is 0 Å². The highest BCUT2D eigenvalue weighted by molar-refractivity contribution is 5.46. The Kier molecular flexibility index (Phi) is 5.61. The molecule has 0 amide bonds. The van der Waals surface area contributed by atoms with Crippen LogP contribution in [0.5, 0.6) is 0 Å². The van der Waals surface area contributed by atoms with E-state index in [1.807, 2.05) is 20.9 Å². The summed E-state index contributed by atoms with van der Waals surface area (Å²) in [6, 6.07) is 0. The molecule has 1 saturated heterocycles. The summed E-state index contributed by atoms with van der Waals surface area (Å²) in [5.74, 6) is 0.584. The number of anilines is 1. The van der Waals surface area contributed by atoms with E-state index in [1.54, 1.807) is 4.68 Å². The number of aromatic nitrogens is 2. The topological polar surface area (TPSA) is 76.5 Å². The highest BCUT2D eigenvalue weighted by atomic mass is 16.5. The lowest BCUT2D eigenvalue weighted by molar-refractivity contribution is 0.0323. The molecule has 2 unspecified atom stereocenters. The van der Waals surface area contributed by atoms with Gasteiger partial charge in [0.1, 0.15) is 0 Å². The zero-order valence-corrected chi connectivity index (χ0v) is 13.4. The van der Waals surface area contributed by atoms with Gasteiger partial charge in [0.15, 0.2) is 0 Å². The predicted octanol–water partition coefficient (Wildman–Crippen LogP) is 0.801. The monoisotopic (exact) mass is 296 g/mol. The van der Waals surface area contributed by atoms with Crippen LogP contribution >= 0.6 is 0 Å². The fourth-order valence-corrected chi connectivity index (χ4v) is 2.97. The fourth-order valence-electron chi connectivity index (χ4n) is 2.97. The molecule has 1 aliphatic heterocycles. The molecule has 2 heterocycles. The summed E-state index contributed by atoms with van der Waals surface area (Å²) < 4.78 is 7.30. The predicted molar refractivity (Wildman–Crippen MR) is 83.2 cm³/mol. The van der Waals surface area contributed by atoms with Gasteiger partial charge in [0.2, 0.25) is 0 Å². The molecule has 3 N–H and O–H groups in total. The molecule has 0 aromatic carbocycles. The first-order valence-electron chi connectivity index (χ1n) is 7.71. The average Bonchev–Trinajstić information content (AvgIpc) is 2.67. The molecule has 120 valence electrons. The van der Waals surface area contributed by atoms with Crippen LogP contribution in [0.2, 0.25) is 0 Å². The summed E-state index contributed by atoms with van der Waals surface area (Å²) >= 11 is 0. The molecule has 0 aliphatic carbocycles. The number of aliphatic hydroxyl groups excluding tert-OH is 1. The van der Waals surface area contributed by atoms with Crippen molar-refractivity contribution in [1.29, 1.82) is 0 Å². The number of aliphatic hydroxyl groups is 1. The Balaban J connectivity index is 1.80. The summed E-state index contributed by atoms with van der Waals surface area (Å²) in [5.41, 5.74) is 8.38. The number of nitrogens with zero attached hydrogens (tertiary/aromatic N) is 3. The van der Waals surface area contributed by atoms with Crippen molar-refractivity contribution in [3.63, 3.8) is 0 Å². The van der Waals surface area contributed by atoms with Gasteiger partial charge >= 0.3 is 0 Å². The molecule has 0 spiro atoms. The lowest BCUT2D eigenvalue weighted by Gasteiger charge is -2.28. The van der Waals surface area contributed by atoms with Crippen LogP contribution < -0.4 is 5.73 Å². The number of nitrogen functional groups attached to an aromatic ring is 1. The second-order valence-corrected chi connectivity index (χ2v) is 6.22. The fraction of sp³-hybridized carbons (Fsp3) is 0.800. The van der Waals surface area contributed by atoms with Crippen LogP contribution in [0.3, 0.4) is 0 Å². The minimum Gasteiger partial charge on any atom is -0.396 e. The second-order valence-electron chi connectivity index (χ2n) is 6.22. The van der Waals surface area contributed by atoms with Crippen molar-refractivity contribution in [2.75, 3.05) is 39.1 Å². The van der Waals surface area contributed by atoms with Gasteiger partial charge < -0.3 is 20.5 Å². The van der Waals surface area contributed by atoms with Crippen molar-refractivity contribution >= 4 is 5.69 Å². The van der Waals surface area contributed by atoms with Gasteiger partial charge in [-0.15, -0.1) is 0 Å². The van der Waals surface area contributed by atoms with E-state index in [9.17, 15) is 5.11 Å². The molecule has 0 radical (unpaired) electrons. The first kappa shape index (κ1) is 16.3. The van der Waals surface area contributed by atoms with Crippen LogP contribution in [-0.2, 0) is 11.3 Å². The second kappa shape index (κ2) is 7.24. The quantitative estimate of drug-likeness (QED) is 0.812. The molecule has 0 saturated carbocycles. The van der Waals surface area contributed by atoms with E-state index in [4.69, 9.17) is 10.5 Å². The van der Waals surface area contributed by atoms with Gasteiger partial charge in [-0.25, -0.2) is 0 Å². The minimum atomic E-state index is -0.447. The third-order valence-corrected chi connectivity index (χ3v) is 4.17. The zero-order chi connectivity index (χ0) is 15.4. The van der Waals surface area contributed by atoms with Gasteiger partial charge in [-0.1, -0.05) is 0 Å². The number of aryl methyl sites for hydroxylation is 1. The molecule has 6 nitrogen and oxygen atoms in total. The lowest BCUT2D eigenvalue weighted by Crippen LogP contribution is -2.37. The average molecular weight is 296 g/mol. The molecular formula is C15H28N4O2. The first-order chi connectivity index (χ1) is 9.97. The van der Waals surface area contributed by atoms with Gasteiger partial charge in [0, 0.05) is 19.7 Å². The van der Waals surface area contributed by atoms with Gasteiger partial charge in [-0.3, -0.25) is 4.68 Å². The van der Waals surface area contributed by atoms with Crippen molar-refractivity contribution in [2.24, 2.45) is 5.92 Å². The number of nitrogens with two attached hydrogens (primary N) is 1. The van der Waals surface area contributed by atoms with Crippen LogP contribution in [0.15, 0.2) is 0 Å². The number of hydrogen-bond donors (Lipinski definition) is 2. The number of likely N-dealkylation sites (N-methyl/N-ethyl adjacent to an activating group) is 1. The van der Waals surface area contributed by atoms with E-state index in [2.05, 4.69) is 10.00 Å². The zero-order valence-electron chi connectivity index (χ0n) is 13.4. The van der Waals surface area contributed by atoms with Crippen molar-refractivity contribution < 1.29 is 9.84 Å². The standard InChI is InChI=1S/C15H28N4O2/c1-11-15(16)12(2)19(17-11)9-14(20)8-18(3)7-13-5-4-6-21-10-13/h13-14,20H,4-10,16H2,1-3H3. The van der Waals surface area contributed by atoms with E-state index in [-0.39, 0.29) is 0 Å². The highest BCUT2D eigenvalue weighted by Crippen LogP contribution is 2.16. The van der Waals surface area contributed by atoms with Crippen LogP contribution in [-0.4, -0.2) is 59.2 Å². The van der Waals surface area contributed by atoms with E-state index >= 15 is 0 Å². The van der Waals surface area contributed by atoms with E-state index < -0.39 is 6.10 Å². The molecular weight excluding hydrogens is 268 g/mol. The largest absolute Gasteiger partial charge is 0.396 e. The van der Waals surface area contributed by atoms with Crippen molar-refractivity contribution in [1.82, 2.24) is 14.7 Å². The Labute approximate surface area is 126 Å². The maximum atomic E-state index is 10.3. The molecule has 1 fully saturated rings. The Hall–Kier alpha value is -1.11. The molecule has 2 rings (SSSR count). The van der Waals surface area contributed by atoms with Crippen LogP contribution in [0.1, 0.15) is 24.2 Å². The summed E-state index contributed by atoms with van der Waals surface area (Å²) in [4.78, 5) is 2.18. The van der Waals surface area contributed by atoms with E-state index in [0.29, 0.717) is 19.0 Å². The Morgan fingerprint density at radius 2 is 2.29 bits per heavy atom. The van der Waals surface area contributed by atoms with Crippen LogP contribution in [0, 0.1) is 19.8 Å². The molecule has 1 aromatic rings. The van der Waals surface area contributed by atoms with E-state index in [0.717, 1.165) is 43.3 Å². The van der Waals surface area contributed by atoms with Crippen molar-refractivity contribution in [2.45, 2.75) is 39.3 Å². The van der Waals surface area contributed by atoms with Crippen LogP contribution in [0.4, 0.5) is 5.69 Å². The summed E-state index contributed by atoms with van der Waals surface area (Å²) in [7, 11) is 2.05. The highest BCUT2D eigenvalue weighted by Gasteiger charge is 2.18. The Morgan fingerprint density at radius 1 is 1.52 bits per heavy atom. The maximum absolute atomic E-state index is 10.3. The molecule has 6 heteroatoms. The van der Waals surface area contributed by atoms with Crippen molar-refractivity contribution in [3.8, 4) is 0 Å². The number of ether oxygens (including phenoxy) is 1. The van der Waals surface area contributed by atoms with Crippen molar-refractivity contribution in [3.05, 3.63) is 11.4 Å². The third kappa shape index (κ3) is 4.43. The Morgan fingerprint density at radius 3 is 2.86 bits per heavy atom. The third-order valence-electron chi connectivity index (χ3n) is 4.17. The van der Waals surface area contributed by atoms with Gasteiger partial charge in [0.05, 0.1) is 36.3 Å². The molecule has 21 heavy (non-hydrogen) atoms. The van der Waals surface area contributed by atoms with Gasteiger partial charge in [-0.05, 0) is 39.7 Å². The van der Waals surface area contributed by atoms with Crippen LogP contribution in [0.25, 0.3) is 0 Å². The molecule has 1 aliphatic rings.